The van der Waals surface area contributed by atoms with Crippen LogP contribution in [-0.4, -0.2) is 54.3 Å². The average molecular weight is 493 g/mol. The summed E-state index contributed by atoms with van der Waals surface area (Å²) in [4.78, 5) is 52.3. The Morgan fingerprint density at radius 3 is 2.49 bits per heavy atom. The maximum Gasteiger partial charge on any atom is 0.338 e. The van der Waals surface area contributed by atoms with Crippen molar-refractivity contribution in [3.05, 3.63) is 88.1 Å². The van der Waals surface area contributed by atoms with Crippen molar-refractivity contribution in [2.45, 2.75) is 19.1 Å². The van der Waals surface area contributed by atoms with Crippen LogP contribution >= 0.6 is 11.3 Å². The van der Waals surface area contributed by atoms with Gasteiger partial charge >= 0.3 is 5.97 Å². The highest BCUT2D eigenvalue weighted by Gasteiger charge is 2.31. The zero-order valence-corrected chi connectivity index (χ0v) is 19.7. The Labute approximate surface area is 206 Å². The predicted molar refractivity (Wildman–Crippen MR) is 130 cm³/mol. The summed E-state index contributed by atoms with van der Waals surface area (Å²) in [6.45, 7) is 1.01. The zero-order valence-electron chi connectivity index (χ0n) is 18.8. The molecule has 8 nitrogen and oxygen atoms in total. The number of Topliss-reactive ketones (excluding diaryl/α,β-unsaturated/α-hetero) is 1. The van der Waals surface area contributed by atoms with E-state index in [0.29, 0.717) is 30.9 Å². The fourth-order valence-corrected chi connectivity index (χ4v) is 4.30. The maximum absolute atomic E-state index is 12.7. The first-order chi connectivity index (χ1) is 17.0. The Morgan fingerprint density at radius 2 is 1.77 bits per heavy atom. The highest BCUT2D eigenvalue weighted by atomic mass is 32.1. The minimum Gasteiger partial charge on any atom is -0.454 e. The van der Waals surface area contributed by atoms with Gasteiger partial charge in [-0.3, -0.25) is 14.4 Å². The van der Waals surface area contributed by atoms with Gasteiger partial charge in [0.25, 0.3) is 5.91 Å². The van der Waals surface area contributed by atoms with Gasteiger partial charge in [-0.15, -0.1) is 11.3 Å². The molecule has 1 unspecified atom stereocenters. The molecule has 0 radical (unpaired) electrons. The number of nitrogens with zero attached hydrogens (tertiary/aromatic N) is 1. The third-order valence-corrected chi connectivity index (χ3v) is 6.26. The highest BCUT2D eigenvalue weighted by molar-refractivity contribution is 7.09. The van der Waals surface area contributed by atoms with Crippen molar-refractivity contribution >= 4 is 40.6 Å². The molecule has 1 atom stereocenters. The number of hydrogen-bond acceptors (Lipinski definition) is 7. The number of rotatable bonds is 9. The summed E-state index contributed by atoms with van der Waals surface area (Å²) in [5.41, 5.74) is 1.18. The second-order valence-corrected chi connectivity index (χ2v) is 8.93. The van der Waals surface area contributed by atoms with Crippen molar-refractivity contribution < 1.29 is 28.7 Å². The number of ether oxygens (including phenoxy) is 2. The summed E-state index contributed by atoms with van der Waals surface area (Å²) >= 11 is 1.58. The van der Waals surface area contributed by atoms with Gasteiger partial charge in [0.1, 0.15) is 6.10 Å². The van der Waals surface area contributed by atoms with Crippen LogP contribution in [0, 0.1) is 0 Å². The molecule has 1 fully saturated rings. The second kappa shape index (κ2) is 11.5. The molecule has 1 N–H and O–H groups in total. The molecule has 1 aliphatic rings. The molecule has 1 saturated heterocycles. The van der Waals surface area contributed by atoms with E-state index in [2.05, 4.69) is 5.32 Å². The van der Waals surface area contributed by atoms with E-state index in [4.69, 9.17) is 9.47 Å². The number of nitrogens with one attached hydrogen (secondary N) is 1. The van der Waals surface area contributed by atoms with Crippen molar-refractivity contribution in [3.8, 4) is 0 Å². The van der Waals surface area contributed by atoms with Gasteiger partial charge in [-0.05, 0) is 35.7 Å². The van der Waals surface area contributed by atoms with Crippen molar-refractivity contribution in [1.82, 2.24) is 4.90 Å². The summed E-state index contributed by atoms with van der Waals surface area (Å²) in [5.74, 6) is -1.51. The van der Waals surface area contributed by atoms with Gasteiger partial charge in [0.15, 0.2) is 12.4 Å². The van der Waals surface area contributed by atoms with Crippen LogP contribution in [0.4, 0.5) is 5.69 Å². The van der Waals surface area contributed by atoms with Crippen molar-refractivity contribution in [1.29, 1.82) is 0 Å². The van der Waals surface area contributed by atoms with Crippen LogP contribution in [0.2, 0.25) is 0 Å². The normalized spacial score (nSPS) is 15.5. The number of carbonyl (C=O) groups excluding carboxylic acids is 4. The molecule has 0 saturated carbocycles. The van der Waals surface area contributed by atoms with Crippen LogP contribution in [0.25, 0.3) is 0 Å². The van der Waals surface area contributed by atoms with Gasteiger partial charge in [0, 0.05) is 22.7 Å². The van der Waals surface area contributed by atoms with Gasteiger partial charge in [-0.2, -0.15) is 0 Å². The molecule has 2 aromatic carbocycles. The summed E-state index contributed by atoms with van der Waals surface area (Å²) in [7, 11) is 0. The average Bonchev–Trinajstić information content (AvgIpc) is 3.39. The number of benzene rings is 2. The van der Waals surface area contributed by atoms with E-state index in [1.807, 2.05) is 17.5 Å². The number of carbonyl (C=O) groups is 4. The molecule has 0 bridgehead atoms. The van der Waals surface area contributed by atoms with E-state index in [9.17, 15) is 19.2 Å². The monoisotopic (exact) mass is 492 g/mol. The van der Waals surface area contributed by atoms with Gasteiger partial charge in [-0.1, -0.05) is 36.4 Å². The van der Waals surface area contributed by atoms with Crippen LogP contribution in [0.15, 0.2) is 72.1 Å². The fraction of sp³-hybridized carbons (Fsp3) is 0.231. The van der Waals surface area contributed by atoms with Gasteiger partial charge in [0.05, 0.1) is 25.1 Å². The number of anilines is 1. The maximum atomic E-state index is 12.7. The second-order valence-electron chi connectivity index (χ2n) is 7.89. The van der Waals surface area contributed by atoms with Crippen molar-refractivity contribution in [2.24, 2.45) is 0 Å². The first-order valence-corrected chi connectivity index (χ1v) is 12.0. The smallest absolute Gasteiger partial charge is 0.338 e. The third kappa shape index (κ3) is 6.62. The molecule has 0 aliphatic carbocycles. The van der Waals surface area contributed by atoms with Gasteiger partial charge < -0.3 is 19.7 Å². The van der Waals surface area contributed by atoms with E-state index < -0.39 is 12.1 Å². The molecule has 1 aromatic heterocycles. The highest BCUT2D eigenvalue weighted by Crippen LogP contribution is 2.18. The third-order valence-electron chi connectivity index (χ3n) is 5.40. The lowest BCUT2D eigenvalue weighted by Crippen LogP contribution is -2.48. The number of esters is 1. The molecule has 4 rings (SSSR count). The van der Waals surface area contributed by atoms with Crippen LogP contribution in [0.5, 0.6) is 0 Å². The minimum absolute atomic E-state index is 0.106. The molecule has 180 valence electrons. The fourth-order valence-electron chi connectivity index (χ4n) is 3.58. The van der Waals surface area contributed by atoms with Crippen molar-refractivity contribution in [2.75, 3.05) is 25.1 Å². The lowest BCUT2D eigenvalue weighted by Gasteiger charge is -2.32. The number of amides is 2. The molecule has 35 heavy (non-hydrogen) atoms. The molecule has 1 aliphatic heterocycles. The SMILES string of the molecule is O=C(CC1OCCN(Cc2cccs2)C1=O)Nc1ccc(C(=O)OCC(=O)c2ccccc2)cc1. The summed E-state index contributed by atoms with van der Waals surface area (Å²) < 4.78 is 10.6. The number of ketones is 1. The molecule has 2 heterocycles. The van der Waals surface area contributed by atoms with Crippen molar-refractivity contribution in [3.63, 3.8) is 0 Å². The van der Waals surface area contributed by atoms with Crippen LogP contribution < -0.4 is 5.32 Å². The molecule has 0 spiro atoms. The Hall–Kier alpha value is -3.82. The Balaban J connectivity index is 1.25. The topological polar surface area (TPSA) is 102 Å². The Kier molecular flexibility index (Phi) is 8.02. The number of hydrogen-bond donors (Lipinski definition) is 1. The van der Waals surface area contributed by atoms with E-state index in [1.165, 1.54) is 12.1 Å². The quantitative estimate of drug-likeness (QED) is 0.362. The Bertz CT molecular complexity index is 1180. The zero-order chi connectivity index (χ0) is 24.6. The molecular formula is C26H24N2O6S. The molecule has 3 aromatic rings. The first kappa shape index (κ1) is 24.3. The summed E-state index contributed by atoms with van der Waals surface area (Å²) in [6.07, 6.45) is -0.939. The van der Waals surface area contributed by atoms with Gasteiger partial charge in [0.2, 0.25) is 5.91 Å². The van der Waals surface area contributed by atoms with E-state index in [0.717, 1.165) is 4.88 Å². The molecule has 2 amide bonds. The van der Waals surface area contributed by atoms with Crippen LogP contribution in [0.1, 0.15) is 32.0 Å². The van der Waals surface area contributed by atoms with Gasteiger partial charge in [-0.25, -0.2) is 4.79 Å². The largest absolute Gasteiger partial charge is 0.454 e. The summed E-state index contributed by atoms with van der Waals surface area (Å²) in [6, 6.07) is 18.6. The minimum atomic E-state index is -0.833. The van der Waals surface area contributed by atoms with E-state index in [1.54, 1.807) is 58.7 Å². The van der Waals surface area contributed by atoms with Crippen LogP contribution in [-0.2, 0) is 25.6 Å². The first-order valence-electron chi connectivity index (χ1n) is 11.1. The lowest BCUT2D eigenvalue weighted by atomic mass is 10.1. The molecule has 9 heteroatoms. The predicted octanol–water partition coefficient (Wildman–Crippen LogP) is 3.54. The lowest BCUT2D eigenvalue weighted by molar-refractivity contribution is -0.155. The number of morpholine rings is 1. The van der Waals surface area contributed by atoms with Crippen LogP contribution in [0.3, 0.4) is 0 Å². The van der Waals surface area contributed by atoms with E-state index >= 15 is 0 Å². The number of thiophene rings is 1. The summed E-state index contributed by atoms with van der Waals surface area (Å²) in [5, 5.41) is 4.67. The standard InChI is InChI=1S/C26H24N2O6S/c29-22(18-5-2-1-3-6-18)17-34-26(32)19-8-10-20(11-9-19)27-24(30)15-23-25(31)28(12-13-33-23)16-21-7-4-14-35-21/h1-11,14,23H,12-13,15-17H2,(H,27,30). The van der Waals surface area contributed by atoms with E-state index in [-0.39, 0.29) is 36.2 Å². The molecular weight excluding hydrogens is 468 g/mol. The Morgan fingerprint density at radius 1 is 1.00 bits per heavy atom.